The quantitative estimate of drug-likeness (QED) is 0.703. The number of halogens is 1. The first-order valence-corrected chi connectivity index (χ1v) is 5.08. The van der Waals surface area contributed by atoms with Crippen LogP contribution in [0.2, 0.25) is 5.02 Å². The molecule has 0 aliphatic carbocycles. The van der Waals surface area contributed by atoms with Gasteiger partial charge < -0.3 is 4.57 Å². The molecule has 3 heteroatoms. The summed E-state index contributed by atoms with van der Waals surface area (Å²) in [5.74, 6) is 0.426. The van der Waals surface area contributed by atoms with E-state index in [1.54, 1.807) is 6.20 Å². The topological polar surface area (TPSA) is 17.8 Å². The number of aryl methyl sites for hydroxylation is 1. The molecule has 0 saturated heterocycles. The van der Waals surface area contributed by atoms with Crippen LogP contribution in [0.25, 0.3) is 11.0 Å². The van der Waals surface area contributed by atoms with Gasteiger partial charge in [-0.2, -0.15) is 0 Å². The number of pyridine rings is 1. The summed E-state index contributed by atoms with van der Waals surface area (Å²) in [5, 5.41) is 1.92. The number of fused-ring (bicyclic) bond motifs is 1. The van der Waals surface area contributed by atoms with Gasteiger partial charge >= 0.3 is 0 Å². The van der Waals surface area contributed by atoms with E-state index in [2.05, 4.69) is 24.9 Å². The van der Waals surface area contributed by atoms with E-state index >= 15 is 0 Å². The van der Waals surface area contributed by atoms with Crippen molar-refractivity contribution >= 4 is 22.6 Å². The maximum Gasteiger partial charge on any atom is 0.139 e. The second kappa shape index (κ2) is 3.28. The number of hydrogen-bond donors (Lipinski definition) is 0. The van der Waals surface area contributed by atoms with E-state index in [-0.39, 0.29) is 0 Å². The van der Waals surface area contributed by atoms with Crippen LogP contribution in [0, 0.1) is 0 Å². The van der Waals surface area contributed by atoms with E-state index < -0.39 is 0 Å². The van der Waals surface area contributed by atoms with Gasteiger partial charge in [-0.05, 0) is 17.5 Å². The first-order valence-electron chi connectivity index (χ1n) is 4.70. The van der Waals surface area contributed by atoms with Gasteiger partial charge in [0, 0.05) is 24.8 Å². The molecule has 2 aromatic heterocycles. The molecule has 0 spiro atoms. The summed E-state index contributed by atoms with van der Waals surface area (Å²) in [5.41, 5.74) is 2.19. The van der Waals surface area contributed by atoms with Crippen LogP contribution in [0.4, 0.5) is 0 Å². The molecule has 2 nitrogen and oxygen atoms in total. The van der Waals surface area contributed by atoms with E-state index in [1.807, 2.05) is 17.8 Å². The van der Waals surface area contributed by atoms with Crippen LogP contribution in [0.1, 0.15) is 25.3 Å². The van der Waals surface area contributed by atoms with Gasteiger partial charge in [0.05, 0.1) is 5.02 Å². The summed E-state index contributed by atoms with van der Waals surface area (Å²) in [4.78, 5) is 4.31. The fourth-order valence-corrected chi connectivity index (χ4v) is 2.16. The molecule has 0 amide bonds. The molecule has 2 heterocycles. The van der Waals surface area contributed by atoms with E-state index in [0.29, 0.717) is 5.92 Å². The minimum Gasteiger partial charge on any atom is -0.336 e. The van der Waals surface area contributed by atoms with Crippen LogP contribution in [0.5, 0.6) is 0 Å². The summed E-state index contributed by atoms with van der Waals surface area (Å²) in [6.45, 7) is 4.29. The number of hydrogen-bond acceptors (Lipinski definition) is 1. The molecule has 2 rings (SSSR count). The molecule has 0 bridgehead atoms. The van der Waals surface area contributed by atoms with Crippen LogP contribution in [-0.4, -0.2) is 9.55 Å². The summed E-state index contributed by atoms with van der Waals surface area (Å²) in [6.07, 6.45) is 3.75. The fourth-order valence-electron chi connectivity index (χ4n) is 1.80. The summed E-state index contributed by atoms with van der Waals surface area (Å²) in [7, 11) is 1.99. The number of rotatable bonds is 1. The smallest absolute Gasteiger partial charge is 0.139 e. The predicted octanol–water partition coefficient (Wildman–Crippen LogP) is 3.35. The number of nitrogens with zero attached hydrogens (tertiary/aromatic N) is 2. The maximum atomic E-state index is 6.14. The SMILES string of the molecule is CC(C)c1c(Cl)cnc2c1ccn2C. The average Bonchev–Trinajstić information content (AvgIpc) is 2.47. The second-order valence-electron chi connectivity index (χ2n) is 3.84. The van der Waals surface area contributed by atoms with Crippen molar-refractivity contribution in [3.8, 4) is 0 Å². The fraction of sp³-hybridized carbons (Fsp3) is 0.364. The summed E-state index contributed by atoms with van der Waals surface area (Å²) >= 11 is 6.14. The van der Waals surface area contributed by atoms with E-state index in [9.17, 15) is 0 Å². The largest absolute Gasteiger partial charge is 0.336 e. The Hall–Kier alpha value is -1.02. The van der Waals surface area contributed by atoms with Gasteiger partial charge in [0.2, 0.25) is 0 Å². The Kier molecular flexibility index (Phi) is 2.23. The van der Waals surface area contributed by atoms with E-state index in [0.717, 1.165) is 16.1 Å². The summed E-state index contributed by atoms with van der Waals surface area (Å²) in [6, 6.07) is 2.07. The molecule has 0 fully saturated rings. The zero-order chi connectivity index (χ0) is 10.3. The molecule has 0 aliphatic rings. The van der Waals surface area contributed by atoms with Gasteiger partial charge in [-0.25, -0.2) is 4.98 Å². The third kappa shape index (κ3) is 1.30. The van der Waals surface area contributed by atoms with Crippen molar-refractivity contribution in [1.82, 2.24) is 9.55 Å². The van der Waals surface area contributed by atoms with Crippen molar-refractivity contribution in [2.24, 2.45) is 7.05 Å². The predicted molar refractivity (Wildman–Crippen MR) is 59.8 cm³/mol. The minimum atomic E-state index is 0.426. The lowest BCUT2D eigenvalue weighted by Crippen LogP contribution is -1.94. The molecular weight excluding hydrogens is 196 g/mol. The standard InChI is InChI=1S/C11H13ClN2/c1-7(2)10-8-4-5-14(3)11(8)13-6-9(10)12/h4-7H,1-3H3. The third-order valence-corrected chi connectivity index (χ3v) is 2.77. The van der Waals surface area contributed by atoms with Gasteiger partial charge in [-0.15, -0.1) is 0 Å². The molecule has 74 valence electrons. The lowest BCUT2D eigenvalue weighted by Gasteiger charge is -2.09. The highest BCUT2D eigenvalue weighted by Gasteiger charge is 2.12. The zero-order valence-electron chi connectivity index (χ0n) is 8.58. The molecule has 2 aromatic rings. The first-order chi connectivity index (χ1) is 6.61. The van der Waals surface area contributed by atoms with Crippen molar-refractivity contribution in [1.29, 1.82) is 0 Å². The highest BCUT2D eigenvalue weighted by Crippen LogP contribution is 2.30. The highest BCUT2D eigenvalue weighted by atomic mass is 35.5. The van der Waals surface area contributed by atoms with Gasteiger partial charge in [0.1, 0.15) is 5.65 Å². The Balaban J connectivity index is 2.83. The monoisotopic (exact) mass is 208 g/mol. The first kappa shape index (κ1) is 9.53. The molecule has 0 saturated carbocycles. The Bertz CT molecular complexity index is 471. The molecule has 0 atom stereocenters. The van der Waals surface area contributed by atoms with Crippen molar-refractivity contribution in [2.45, 2.75) is 19.8 Å². The third-order valence-electron chi connectivity index (χ3n) is 2.46. The van der Waals surface area contributed by atoms with Crippen molar-refractivity contribution in [2.75, 3.05) is 0 Å². The summed E-state index contributed by atoms with van der Waals surface area (Å²) < 4.78 is 2.01. The molecule has 0 aromatic carbocycles. The van der Waals surface area contributed by atoms with Crippen molar-refractivity contribution in [3.05, 3.63) is 29.0 Å². The van der Waals surface area contributed by atoms with Gasteiger partial charge in [0.25, 0.3) is 0 Å². The number of aromatic nitrogens is 2. The van der Waals surface area contributed by atoms with E-state index in [4.69, 9.17) is 11.6 Å². The highest BCUT2D eigenvalue weighted by molar-refractivity contribution is 6.32. The van der Waals surface area contributed by atoms with Crippen LogP contribution in [0.3, 0.4) is 0 Å². The Labute approximate surface area is 88.5 Å². The lowest BCUT2D eigenvalue weighted by molar-refractivity contribution is 0.872. The van der Waals surface area contributed by atoms with Crippen LogP contribution in [0.15, 0.2) is 18.5 Å². The van der Waals surface area contributed by atoms with Crippen molar-refractivity contribution < 1.29 is 0 Å². The normalized spacial score (nSPS) is 11.5. The van der Waals surface area contributed by atoms with Crippen LogP contribution in [-0.2, 0) is 7.05 Å². The maximum absolute atomic E-state index is 6.14. The van der Waals surface area contributed by atoms with Gasteiger partial charge in [0.15, 0.2) is 0 Å². The van der Waals surface area contributed by atoms with Gasteiger partial charge in [-0.1, -0.05) is 25.4 Å². The second-order valence-corrected chi connectivity index (χ2v) is 4.25. The Morgan fingerprint density at radius 2 is 2.14 bits per heavy atom. The molecule has 0 unspecified atom stereocenters. The molecular formula is C11H13ClN2. The average molecular weight is 209 g/mol. The van der Waals surface area contributed by atoms with Crippen LogP contribution < -0.4 is 0 Å². The van der Waals surface area contributed by atoms with Gasteiger partial charge in [-0.3, -0.25) is 0 Å². The molecule has 0 radical (unpaired) electrons. The Morgan fingerprint density at radius 1 is 1.43 bits per heavy atom. The Morgan fingerprint density at radius 3 is 2.79 bits per heavy atom. The van der Waals surface area contributed by atoms with Crippen LogP contribution >= 0.6 is 11.6 Å². The van der Waals surface area contributed by atoms with E-state index in [1.165, 1.54) is 5.56 Å². The molecule has 0 N–H and O–H groups in total. The molecule has 14 heavy (non-hydrogen) atoms. The zero-order valence-corrected chi connectivity index (χ0v) is 9.34. The lowest BCUT2D eigenvalue weighted by atomic mass is 10.0. The molecule has 0 aliphatic heterocycles. The van der Waals surface area contributed by atoms with Crippen molar-refractivity contribution in [3.63, 3.8) is 0 Å². The minimum absolute atomic E-state index is 0.426.